The van der Waals surface area contributed by atoms with Crippen molar-refractivity contribution in [3.8, 4) is 11.5 Å². The van der Waals surface area contributed by atoms with Crippen LogP contribution in [0.1, 0.15) is 42.1 Å². The maximum atomic E-state index is 12.5. The number of anilines is 1. The van der Waals surface area contributed by atoms with Crippen LogP contribution in [0.15, 0.2) is 71.1 Å². The summed E-state index contributed by atoms with van der Waals surface area (Å²) in [4.78, 5) is 17.2. The number of nitrogens with one attached hydrogen (secondary N) is 1. The Morgan fingerprint density at radius 3 is 2.72 bits per heavy atom. The zero-order valence-corrected chi connectivity index (χ0v) is 17.0. The number of oxazole rings is 1. The predicted molar refractivity (Wildman–Crippen MR) is 118 cm³/mol. The summed E-state index contributed by atoms with van der Waals surface area (Å²) in [6.45, 7) is 4.37. The van der Waals surface area contributed by atoms with Crippen molar-refractivity contribution in [2.24, 2.45) is 0 Å². The Kier molecular flexibility index (Phi) is 5.36. The van der Waals surface area contributed by atoms with Crippen molar-refractivity contribution in [2.75, 3.05) is 5.32 Å². The fourth-order valence-electron chi connectivity index (χ4n) is 3.18. The second-order valence-corrected chi connectivity index (χ2v) is 7.48. The van der Waals surface area contributed by atoms with Crippen LogP contribution in [0.25, 0.3) is 22.6 Å². The number of hydrogen-bond donors (Lipinski definition) is 1. The monoisotopic (exact) mass is 404 g/mol. The minimum atomic E-state index is -0.261. The van der Waals surface area contributed by atoms with Gasteiger partial charge in [0.2, 0.25) is 5.89 Å². The standard InChI is InChI=1S/C24H21ClN2O2/c1-3-15(2)16-11-12-22-21(14-16)27-24(29-22)17-7-6-8-18(13-17)26-23(28)19-9-4-5-10-20(19)25/h4-15H,3H2,1-2H3,(H,26,28)/t15-/m1/s1. The SMILES string of the molecule is CC[C@@H](C)c1ccc2oc(-c3cccc(NC(=O)c4ccccc4Cl)c3)nc2c1. The molecule has 0 aliphatic carbocycles. The molecule has 0 aliphatic rings. The van der Waals surface area contributed by atoms with E-state index in [1.54, 1.807) is 24.3 Å². The molecule has 0 unspecified atom stereocenters. The third-order valence-corrected chi connectivity index (χ3v) is 5.41. The summed E-state index contributed by atoms with van der Waals surface area (Å²) in [5.41, 5.74) is 4.71. The maximum Gasteiger partial charge on any atom is 0.257 e. The summed E-state index contributed by atoms with van der Waals surface area (Å²) < 4.78 is 5.94. The number of halogens is 1. The molecule has 0 aliphatic heterocycles. The zero-order valence-electron chi connectivity index (χ0n) is 16.3. The molecule has 4 nitrogen and oxygen atoms in total. The molecule has 146 valence electrons. The van der Waals surface area contributed by atoms with E-state index in [0.29, 0.717) is 28.1 Å². The number of carbonyl (C=O) groups excluding carboxylic acids is 1. The zero-order chi connectivity index (χ0) is 20.4. The minimum Gasteiger partial charge on any atom is -0.436 e. The Bertz CT molecular complexity index is 1180. The van der Waals surface area contributed by atoms with E-state index >= 15 is 0 Å². The summed E-state index contributed by atoms with van der Waals surface area (Å²) >= 11 is 6.12. The van der Waals surface area contributed by atoms with Crippen LogP contribution in [0.3, 0.4) is 0 Å². The first-order valence-corrected chi connectivity index (χ1v) is 9.99. The Morgan fingerprint density at radius 1 is 1.10 bits per heavy atom. The molecule has 1 amide bonds. The second-order valence-electron chi connectivity index (χ2n) is 7.07. The highest BCUT2D eigenvalue weighted by Gasteiger charge is 2.13. The Balaban J connectivity index is 1.61. The molecule has 1 heterocycles. The molecule has 4 aromatic rings. The number of nitrogens with zero attached hydrogens (tertiary/aromatic N) is 1. The van der Waals surface area contributed by atoms with E-state index in [1.807, 2.05) is 30.3 Å². The van der Waals surface area contributed by atoms with Crippen molar-refractivity contribution in [3.05, 3.63) is 82.9 Å². The van der Waals surface area contributed by atoms with E-state index in [0.717, 1.165) is 23.1 Å². The van der Waals surface area contributed by atoms with Crippen molar-refractivity contribution >= 4 is 34.3 Å². The van der Waals surface area contributed by atoms with Gasteiger partial charge in [-0.15, -0.1) is 0 Å². The van der Waals surface area contributed by atoms with Crippen molar-refractivity contribution in [1.29, 1.82) is 0 Å². The molecule has 1 atom stereocenters. The van der Waals surface area contributed by atoms with Gasteiger partial charge in [-0.3, -0.25) is 4.79 Å². The topological polar surface area (TPSA) is 55.1 Å². The predicted octanol–water partition coefficient (Wildman–Crippen LogP) is 6.91. The first-order chi connectivity index (χ1) is 14.0. The Morgan fingerprint density at radius 2 is 1.93 bits per heavy atom. The minimum absolute atomic E-state index is 0.261. The molecule has 5 heteroatoms. The molecule has 1 N–H and O–H groups in total. The molecule has 1 aromatic heterocycles. The highest BCUT2D eigenvalue weighted by atomic mass is 35.5. The molecule has 0 radical (unpaired) electrons. The summed E-state index contributed by atoms with van der Waals surface area (Å²) in [6.07, 6.45) is 1.07. The van der Waals surface area contributed by atoms with E-state index in [2.05, 4.69) is 36.3 Å². The number of aromatic nitrogens is 1. The lowest BCUT2D eigenvalue weighted by atomic mass is 9.98. The third-order valence-electron chi connectivity index (χ3n) is 5.08. The molecular weight excluding hydrogens is 384 g/mol. The highest BCUT2D eigenvalue weighted by Crippen LogP contribution is 2.29. The lowest BCUT2D eigenvalue weighted by molar-refractivity contribution is 0.102. The van der Waals surface area contributed by atoms with Gasteiger partial charge in [-0.2, -0.15) is 0 Å². The van der Waals surface area contributed by atoms with Crippen molar-refractivity contribution in [2.45, 2.75) is 26.2 Å². The second kappa shape index (κ2) is 8.10. The molecular formula is C24H21ClN2O2. The van der Waals surface area contributed by atoms with E-state index in [1.165, 1.54) is 5.56 Å². The van der Waals surface area contributed by atoms with Gasteiger partial charge in [0.25, 0.3) is 5.91 Å². The quantitative estimate of drug-likeness (QED) is 0.393. The Labute approximate surface area is 174 Å². The lowest BCUT2D eigenvalue weighted by Crippen LogP contribution is -2.12. The molecule has 0 saturated heterocycles. The smallest absolute Gasteiger partial charge is 0.257 e. The molecule has 0 fully saturated rings. The van der Waals surface area contributed by atoms with E-state index in [4.69, 9.17) is 16.0 Å². The van der Waals surface area contributed by atoms with Gasteiger partial charge in [-0.1, -0.05) is 49.7 Å². The number of amides is 1. The summed E-state index contributed by atoms with van der Waals surface area (Å²) in [5, 5.41) is 3.30. The van der Waals surface area contributed by atoms with Gasteiger partial charge in [0.1, 0.15) is 5.52 Å². The van der Waals surface area contributed by atoms with E-state index in [-0.39, 0.29) is 5.91 Å². The first-order valence-electron chi connectivity index (χ1n) is 9.62. The van der Waals surface area contributed by atoms with Gasteiger partial charge < -0.3 is 9.73 Å². The van der Waals surface area contributed by atoms with Gasteiger partial charge in [-0.25, -0.2) is 4.98 Å². The summed E-state index contributed by atoms with van der Waals surface area (Å²) in [5.74, 6) is 0.738. The number of rotatable bonds is 5. The van der Waals surface area contributed by atoms with Crippen molar-refractivity contribution < 1.29 is 9.21 Å². The van der Waals surface area contributed by atoms with Crippen LogP contribution in [0, 0.1) is 0 Å². The number of fused-ring (bicyclic) bond motifs is 1. The van der Waals surface area contributed by atoms with Crippen LogP contribution in [0.5, 0.6) is 0 Å². The van der Waals surface area contributed by atoms with Crippen LogP contribution in [-0.2, 0) is 0 Å². The largest absolute Gasteiger partial charge is 0.436 e. The number of hydrogen-bond acceptors (Lipinski definition) is 3. The fourth-order valence-corrected chi connectivity index (χ4v) is 3.41. The van der Waals surface area contributed by atoms with Gasteiger partial charge in [0, 0.05) is 11.3 Å². The highest BCUT2D eigenvalue weighted by molar-refractivity contribution is 6.34. The van der Waals surface area contributed by atoms with Crippen LogP contribution in [0.4, 0.5) is 5.69 Å². The average molecular weight is 405 g/mol. The first kappa shape index (κ1) is 19.2. The van der Waals surface area contributed by atoms with Gasteiger partial charge in [0.05, 0.1) is 10.6 Å². The molecule has 0 saturated carbocycles. The summed E-state index contributed by atoms with van der Waals surface area (Å²) in [6, 6.07) is 20.5. The van der Waals surface area contributed by atoms with Gasteiger partial charge >= 0.3 is 0 Å². The molecule has 0 spiro atoms. The lowest BCUT2D eigenvalue weighted by Gasteiger charge is -2.07. The van der Waals surface area contributed by atoms with Gasteiger partial charge in [-0.05, 0) is 60.4 Å². The van der Waals surface area contributed by atoms with E-state index in [9.17, 15) is 4.79 Å². The maximum absolute atomic E-state index is 12.5. The van der Waals surface area contributed by atoms with E-state index < -0.39 is 0 Å². The normalized spacial score (nSPS) is 12.1. The summed E-state index contributed by atoms with van der Waals surface area (Å²) in [7, 11) is 0. The third kappa shape index (κ3) is 4.03. The van der Waals surface area contributed by atoms with Crippen LogP contribution >= 0.6 is 11.6 Å². The number of carbonyl (C=O) groups is 1. The molecule has 0 bridgehead atoms. The molecule has 3 aromatic carbocycles. The fraction of sp³-hybridized carbons (Fsp3) is 0.167. The van der Waals surface area contributed by atoms with Crippen molar-refractivity contribution in [3.63, 3.8) is 0 Å². The Hall–Kier alpha value is -3.11. The average Bonchev–Trinajstić information content (AvgIpc) is 3.17. The molecule has 29 heavy (non-hydrogen) atoms. The van der Waals surface area contributed by atoms with Crippen LogP contribution < -0.4 is 5.32 Å². The van der Waals surface area contributed by atoms with Gasteiger partial charge in [0.15, 0.2) is 5.58 Å². The molecule has 4 rings (SSSR count). The number of benzene rings is 3. The van der Waals surface area contributed by atoms with Crippen LogP contribution in [0.2, 0.25) is 5.02 Å². The van der Waals surface area contributed by atoms with Crippen LogP contribution in [-0.4, -0.2) is 10.9 Å². The van der Waals surface area contributed by atoms with Crippen molar-refractivity contribution in [1.82, 2.24) is 4.98 Å².